The normalized spacial score (nSPS) is 11.0. The standard InChI is InChI=1S/C13H12Cl3NOS/c1-3-17(4-2)13(18)12-11(16)10-8(15)5-7(14)6-9(10)19-12/h5-6H,3-4H2,1-2H3. The summed E-state index contributed by atoms with van der Waals surface area (Å²) in [6.07, 6.45) is 0. The number of halogens is 3. The average molecular weight is 337 g/mol. The van der Waals surface area contributed by atoms with Crippen LogP contribution in [0.25, 0.3) is 10.1 Å². The second-order valence-electron chi connectivity index (χ2n) is 3.98. The molecule has 19 heavy (non-hydrogen) atoms. The summed E-state index contributed by atoms with van der Waals surface area (Å²) in [7, 11) is 0. The van der Waals surface area contributed by atoms with Gasteiger partial charge in [-0.05, 0) is 26.0 Å². The van der Waals surface area contributed by atoms with Gasteiger partial charge in [-0.2, -0.15) is 0 Å². The van der Waals surface area contributed by atoms with Crippen LogP contribution in [0.4, 0.5) is 0 Å². The van der Waals surface area contributed by atoms with Crippen molar-refractivity contribution in [3.63, 3.8) is 0 Å². The molecule has 0 N–H and O–H groups in total. The third kappa shape index (κ3) is 2.70. The molecule has 1 aromatic heterocycles. The first-order valence-corrected chi connectivity index (χ1v) is 7.80. The summed E-state index contributed by atoms with van der Waals surface area (Å²) in [5, 5.41) is 2.13. The molecular weight excluding hydrogens is 325 g/mol. The molecule has 0 aliphatic rings. The Morgan fingerprint density at radius 3 is 2.42 bits per heavy atom. The van der Waals surface area contributed by atoms with E-state index in [1.54, 1.807) is 17.0 Å². The molecule has 0 aliphatic carbocycles. The van der Waals surface area contributed by atoms with Crippen LogP contribution < -0.4 is 0 Å². The Kier molecular flexibility index (Phi) is 4.62. The molecular formula is C13H12Cl3NOS. The summed E-state index contributed by atoms with van der Waals surface area (Å²) in [4.78, 5) is 14.6. The van der Waals surface area contributed by atoms with Crippen molar-refractivity contribution in [1.29, 1.82) is 0 Å². The maximum absolute atomic E-state index is 12.4. The number of thiophene rings is 1. The van der Waals surface area contributed by atoms with E-state index >= 15 is 0 Å². The number of fused-ring (bicyclic) bond motifs is 1. The smallest absolute Gasteiger partial charge is 0.265 e. The van der Waals surface area contributed by atoms with Crippen molar-refractivity contribution >= 4 is 62.1 Å². The number of amides is 1. The molecule has 0 fully saturated rings. The fraction of sp³-hybridized carbons (Fsp3) is 0.308. The maximum Gasteiger partial charge on any atom is 0.265 e. The molecule has 0 unspecified atom stereocenters. The van der Waals surface area contributed by atoms with Gasteiger partial charge < -0.3 is 4.90 Å². The van der Waals surface area contributed by atoms with Gasteiger partial charge in [-0.25, -0.2) is 0 Å². The van der Waals surface area contributed by atoms with Crippen LogP contribution >= 0.6 is 46.1 Å². The molecule has 0 radical (unpaired) electrons. The number of carbonyl (C=O) groups is 1. The molecule has 1 heterocycles. The van der Waals surface area contributed by atoms with Crippen LogP contribution in [0.1, 0.15) is 23.5 Å². The van der Waals surface area contributed by atoms with Gasteiger partial charge >= 0.3 is 0 Å². The van der Waals surface area contributed by atoms with Crippen molar-refractivity contribution < 1.29 is 4.79 Å². The first kappa shape index (κ1) is 14.9. The summed E-state index contributed by atoms with van der Waals surface area (Å²) in [6, 6.07) is 3.41. The lowest BCUT2D eigenvalue weighted by Crippen LogP contribution is -2.29. The van der Waals surface area contributed by atoms with Crippen molar-refractivity contribution in [2.24, 2.45) is 0 Å². The number of hydrogen-bond acceptors (Lipinski definition) is 2. The van der Waals surface area contributed by atoms with E-state index in [-0.39, 0.29) is 5.91 Å². The fourth-order valence-electron chi connectivity index (χ4n) is 1.90. The van der Waals surface area contributed by atoms with E-state index in [4.69, 9.17) is 34.8 Å². The minimum absolute atomic E-state index is 0.0663. The molecule has 1 aromatic carbocycles. The third-order valence-electron chi connectivity index (χ3n) is 2.89. The van der Waals surface area contributed by atoms with Gasteiger partial charge in [-0.15, -0.1) is 11.3 Å². The van der Waals surface area contributed by atoms with Crippen molar-refractivity contribution in [2.75, 3.05) is 13.1 Å². The van der Waals surface area contributed by atoms with Crippen LogP contribution in [-0.2, 0) is 0 Å². The molecule has 2 aromatic rings. The zero-order valence-corrected chi connectivity index (χ0v) is 13.6. The Bertz CT molecular complexity index is 634. The van der Waals surface area contributed by atoms with E-state index < -0.39 is 0 Å². The zero-order chi connectivity index (χ0) is 14.2. The van der Waals surface area contributed by atoms with E-state index in [1.807, 2.05) is 13.8 Å². The molecule has 2 nitrogen and oxygen atoms in total. The van der Waals surface area contributed by atoms with Gasteiger partial charge in [-0.1, -0.05) is 34.8 Å². The molecule has 0 bridgehead atoms. The van der Waals surface area contributed by atoms with Crippen molar-refractivity contribution in [3.05, 3.63) is 32.1 Å². The van der Waals surface area contributed by atoms with E-state index in [2.05, 4.69) is 0 Å². The minimum atomic E-state index is -0.0663. The van der Waals surface area contributed by atoms with Gasteiger partial charge in [0.15, 0.2) is 0 Å². The number of rotatable bonds is 3. The molecule has 2 rings (SSSR count). The van der Waals surface area contributed by atoms with Crippen molar-refractivity contribution in [1.82, 2.24) is 4.90 Å². The number of benzene rings is 1. The van der Waals surface area contributed by atoms with Gasteiger partial charge in [0.1, 0.15) is 4.88 Å². The van der Waals surface area contributed by atoms with Crippen LogP contribution in [-0.4, -0.2) is 23.9 Å². The van der Waals surface area contributed by atoms with Gasteiger partial charge in [0.2, 0.25) is 0 Å². The van der Waals surface area contributed by atoms with E-state index in [0.29, 0.717) is 38.4 Å². The molecule has 1 amide bonds. The molecule has 102 valence electrons. The van der Waals surface area contributed by atoms with Crippen LogP contribution in [0.5, 0.6) is 0 Å². The van der Waals surface area contributed by atoms with Crippen LogP contribution in [0.15, 0.2) is 12.1 Å². The predicted octanol–water partition coefficient (Wildman–Crippen LogP) is 5.34. The molecule has 0 saturated carbocycles. The predicted molar refractivity (Wildman–Crippen MR) is 84.1 cm³/mol. The second-order valence-corrected chi connectivity index (χ2v) is 6.26. The SMILES string of the molecule is CCN(CC)C(=O)c1sc2cc(Cl)cc(Cl)c2c1Cl. The van der Waals surface area contributed by atoms with Crippen LogP contribution in [0.2, 0.25) is 15.1 Å². The van der Waals surface area contributed by atoms with Gasteiger partial charge in [0, 0.05) is 28.2 Å². The molecule has 0 saturated heterocycles. The monoisotopic (exact) mass is 335 g/mol. The van der Waals surface area contributed by atoms with Gasteiger partial charge in [-0.3, -0.25) is 4.79 Å². The highest BCUT2D eigenvalue weighted by atomic mass is 35.5. The van der Waals surface area contributed by atoms with Crippen molar-refractivity contribution in [3.8, 4) is 0 Å². The molecule has 0 spiro atoms. The Morgan fingerprint density at radius 2 is 1.84 bits per heavy atom. The first-order valence-electron chi connectivity index (χ1n) is 5.85. The molecule has 0 atom stereocenters. The summed E-state index contributed by atoms with van der Waals surface area (Å²) in [6.45, 7) is 5.17. The minimum Gasteiger partial charge on any atom is -0.338 e. The Labute approximate surface area is 130 Å². The van der Waals surface area contributed by atoms with E-state index in [0.717, 1.165) is 4.70 Å². The Balaban J connectivity index is 2.60. The Morgan fingerprint density at radius 1 is 1.21 bits per heavy atom. The fourth-order valence-corrected chi connectivity index (χ4v) is 4.24. The molecule has 6 heteroatoms. The van der Waals surface area contributed by atoms with Crippen molar-refractivity contribution in [2.45, 2.75) is 13.8 Å². The lowest BCUT2D eigenvalue weighted by molar-refractivity contribution is 0.0778. The first-order chi connectivity index (χ1) is 8.99. The Hall–Kier alpha value is -0.480. The van der Waals surface area contributed by atoms with Gasteiger partial charge in [0.25, 0.3) is 5.91 Å². The summed E-state index contributed by atoms with van der Waals surface area (Å²) in [5.41, 5.74) is 0. The second kappa shape index (κ2) is 5.88. The zero-order valence-electron chi connectivity index (χ0n) is 10.5. The summed E-state index contributed by atoms with van der Waals surface area (Å²) in [5.74, 6) is -0.0663. The lowest BCUT2D eigenvalue weighted by atomic mass is 10.2. The highest BCUT2D eigenvalue weighted by Crippen LogP contribution is 2.41. The van der Waals surface area contributed by atoms with Gasteiger partial charge in [0.05, 0.1) is 10.0 Å². The topological polar surface area (TPSA) is 20.3 Å². The van der Waals surface area contributed by atoms with E-state index in [9.17, 15) is 4.79 Å². The average Bonchev–Trinajstić information content (AvgIpc) is 2.67. The van der Waals surface area contributed by atoms with E-state index in [1.165, 1.54) is 11.3 Å². The number of nitrogens with zero attached hydrogens (tertiary/aromatic N) is 1. The summed E-state index contributed by atoms with van der Waals surface area (Å²) >= 11 is 19.7. The lowest BCUT2D eigenvalue weighted by Gasteiger charge is -2.17. The largest absolute Gasteiger partial charge is 0.338 e. The number of carbonyl (C=O) groups excluding carboxylic acids is 1. The van der Waals surface area contributed by atoms with Crippen LogP contribution in [0.3, 0.4) is 0 Å². The summed E-state index contributed by atoms with van der Waals surface area (Å²) < 4.78 is 0.831. The molecule has 0 aliphatic heterocycles. The highest BCUT2D eigenvalue weighted by molar-refractivity contribution is 7.21. The number of hydrogen-bond donors (Lipinski definition) is 0. The van der Waals surface area contributed by atoms with Crippen LogP contribution in [0, 0.1) is 0 Å². The quantitative estimate of drug-likeness (QED) is 0.740. The maximum atomic E-state index is 12.4. The third-order valence-corrected chi connectivity index (χ3v) is 5.03. The highest BCUT2D eigenvalue weighted by Gasteiger charge is 2.22.